The van der Waals surface area contributed by atoms with Gasteiger partial charge < -0.3 is 9.84 Å². The standard InChI is InChI=1S/C15H30O3/c1-3-4-5-6-7-8-9-11-14(16)12-10-13-15(17)18-2/h14,16H,3-13H2,1-2H3. The van der Waals surface area contributed by atoms with E-state index >= 15 is 0 Å². The van der Waals surface area contributed by atoms with Gasteiger partial charge in [-0.2, -0.15) is 0 Å². The minimum absolute atomic E-state index is 0.182. The van der Waals surface area contributed by atoms with E-state index in [9.17, 15) is 9.90 Å². The maximum absolute atomic E-state index is 10.9. The topological polar surface area (TPSA) is 46.5 Å². The lowest BCUT2D eigenvalue weighted by molar-refractivity contribution is -0.140. The summed E-state index contributed by atoms with van der Waals surface area (Å²) in [6.07, 6.45) is 11.4. The zero-order chi connectivity index (χ0) is 13.6. The predicted molar refractivity (Wildman–Crippen MR) is 74.5 cm³/mol. The number of esters is 1. The van der Waals surface area contributed by atoms with Crippen LogP contribution in [0.5, 0.6) is 0 Å². The SMILES string of the molecule is CCCCCCCCCC(O)CCCC(=O)OC. The molecule has 0 amide bonds. The van der Waals surface area contributed by atoms with E-state index < -0.39 is 0 Å². The molecule has 0 fully saturated rings. The predicted octanol–water partition coefficient (Wildman–Crippen LogP) is 3.83. The normalized spacial score (nSPS) is 12.4. The number of aliphatic hydroxyl groups is 1. The van der Waals surface area contributed by atoms with Gasteiger partial charge in [-0.15, -0.1) is 0 Å². The Morgan fingerprint density at radius 2 is 1.56 bits per heavy atom. The van der Waals surface area contributed by atoms with Crippen molar-refractivity contribution < 1.29 is 14.6 Å². The molecule has 0 aromatic carbocycles. The van der Waals surface area contributed by atoms with Crippen LogP contribution in [0.4, 0.5) is 0 Å². The van der Waals surface area contributed by atoms with E-state index in [2.05, 4.69) is 11.7 Å². The fourth-order valence-electron chi connectivity index (χ4n) is 2.07. The Labute approximate surface area is 112 Å². The van der Waals surface area contributed by atoms with Crippen LogP contribution in [0.3, 0.4) is 0 Å². The van der Waals surface area contributed by atoms with E-state index in [1.807, 2.05) is 0 Å². The molecule has 0 saturated heterocycles. The molecular formula is C15H30O3. The summed E-state index contributed by atoms with van der Waals surface area (Å²) < 4.78 is 4.56. The van der Waals surface area contributed by atoms with Crippen LogP contribution in [0.25, 0.3) is 0 Å². The highest BCUT2D eigenvalue weighted by molar-refractivity contribution is 5.68. The molecule has 0 aliphatic heterocycles. The van der Waals surface area contributed by atoms with Gasteiger partial charge in [0.25, 0.3) is 0 Å². The number of carbonyl (C=O) groups is 1. The van der Waals surface area contributed by atoms with Gasteiger partial charge in [-0.3, -0.25) is 4.79 Å². The Morgan fingerprint density at radius 1 is 1.00 bits per heavy atom. The molecule has 0 radical (unpaired) electrons. The molecule has 0 aromatic rings. The van der Waals surface area contributed by atoms with Crippen LogP contribution in [0, 0.1) is 0 Å². The van der Waals surface area contributed by atoms with Gasteiger partial charge in [-0.1, -0.05) is 51.9 Å². The first kappa shape index (κ1) is 17.4. The number of unbranched alkanes of at least 4 members (excludes halogenated alkanes) is 6. The zero-order valence-corrected chi connectivity index (χ0v) is 12.1. The number of methoxy groups -OCH3 is 1. The lowest BCUT2D eigenvalue weighted by Crippen LogP contribution is -2.08. The number of ether oxygens (including phenoxy) is 1. The third-order valence-corrected chi connectivity index (χ3v) is 3.29. The van der Waals surface area contributed by atoms with Crippen molar-refractivity contribution in [3.63, 3.8) is 0 Å². The molecule has 1 unspecified atom stereocenters. The summed E-state index contributed by atoms with van der Waals surface area (Å²) in [5.41, 5.74) is 0. The first-order valence-electron chi connectivity index (χ1n) is 7.45. The third-order valence-electron chi connectivity index (χ3n) is 3.29. The van der Waals surface area contributed by atoms with Crippen LogP contribution in [0.15, 0.2) is 0 Å². The number of carbonyl (C=O) groups excluding carboxylic acids is 1. The Bertz CT molecular complexity index is 192. The van der Waals surface area contributed by atoms with E-state index in [0.717, 1.165) is 19.3 Å². The zero-order valence-electron chi connectivity index (χ0n) is 12.1. The average Bonchev–Trinajstić information content (AvgIpc) is 2.37. The number of hydrogen-bond donors (Lipinski definition) is 1. The monoisotopic (exact) mass is 258 g/mol. The molecule has 0 rings (SSSR count). The molecule has 1 atom stereocenters. The van der Waals surface area contributed by atoms with Crippen LogP contribution in [-0.4, -0.2) is 24.3 Å². The molecule has 3 heteroatoms. The second kappa shape index (κ2) is 12.9. The molecular weight excluding hydrogens is 228 g/mol. The van der Waals surface area contributed by atoms with Crippen molar-refractivity contribution in [3.05, 3.63) is 0 Å². The molecule has 0 heterocycles. The summed E-state index contributed by atoms with van der Waals surface area (Å²) in [7, 11) is 1.40. The summed E-state index contributed by atoms with van der Waals surface area (Å²) in [6, 6.07) is 0. The van der Waals surface area contributed by atoms with E-state index in [-0.39, 0.29) is 12.1 Å². The smallest absolute Gasteiger partial charge is 0.305 e. The van der Waals surface area contributed by atoms with Gasteiger partial charge in [0, 0.05) is 6.42 Å². The van der Waals surface area contributed by atoms with Crippen LogP contribution >= 0.6 is 0 Å². The highest BCUT2D eigenvalue weighted by atomic mass is 16.5. The first-order chi connectivity index (χ1) is 8.70. The minimum atomic E-state index is -0.245. The number of aliphatic hydroxyl groups excluding tert-OH is 1. The van der Waals surface area contributed by atoms with Crippen molar-refractivity contribution in [2.24, 2.45) is 0 Å². The first-order valence-corrected chi connectivity index (χ1v) is 7.45. The minimum Gasteiger partial charge on any atom is -0.469 e. The van der Waals surface area contributed by atoms with E-state index in [0.29, 0.717) is 12.8 Å². The maximum atomic E-state index is 10.9. The molecule has 18 heavy (non-hydrogen) atoms. The Balaban J connectivity index is 3.21. The lowest BCUT2D eigenvalue weighted by atomic mass is 10.0. The summed E-state index contributed by atoms with van der Waals surface area (Å²) >= 11 is 0. The molecule has 0 spiro atoms. The number of rotatable bonds is 12. The van der Waals surface area contributed by atoms with E-state index in [4.69, 9.17) is 0 Å². The molecule has 0 aromatic heterocycles. The molecule has 0 aliphatic rings. The van der Waals surface area contributed by atoms with Crippen molar-refractivity contribution in [2.45, 2.75) is 83.7 Å². The largest absolute Gasteiger partial charge is 0.469 e. The second-order valence-electron chi connectivity index (χ2n) is 5.03. The van der Waals surface area contributed by atoms with Gasteiger partial charge in [-0.25, -0.2) is 0 Å². The van der Waals surface area contributed by atoms with Crippen molar-refractivity contribution in [1.82, 2.24) is 0 Å². The summed E-state index contributed by atoms with van der Waals surface area (Å²) in [5, 5.41) is 9.72. The molecule has 3 nitrogen and oxygen atoms in total. The number of hydrogen-bond acceptors (Lipinski definition) is 3. The third kappa shape index (κ3) is 11.9. The Hall–Kier alpha value is -0.570. The molecule has 0 saturated carbocycles. The summed E-state index contributed by atoms with van der Waals surface area (Å²) in [6.45, 7) is 2.23. The van der Waals surface area contributed by atoms with Crippen LogP contribution < -0.4 is 0 Å². The average molecular weight is 258 g/mol. The molecule has 108 valence electrons. The Morgan fingerprint density at radius 3 is 2.17 bits per heavy atom. The van der Waals surface area contributed by atoms with Crippen molar-refractivity contribution in [1.29, 1.82) is 0 Å². The Kier molecular flexibility index (Phi) is 12.5. The highest BCUT2D eigenvalue weighted by Gasteiger charge is 2.06. The maximum Gasteiger partial charge on any atom is 0.305 e. The van der Waals surface area contributed by atoms with E-state index in [1.54, 1.807) is 0 Å². The van der Waals surface area contributed by atoms with E-state index in [1.165, 1.54) is 45.6 Å². The van der Waals surface area contributed by atoms with Crippen LogP contribution in [0.1, 0.15) is 77.6 Å². The molecule has 0 aliphatic carbocycles. The second-order valence-corrected chi connectivity index (χ2v) is 5.03. The van der Waals surface area contributed by atoms with Gasteiger partial charge in [-0.05, 0) is 19.3 Å². The van der Waals surface area contributed by atoms with Gasteiger partial charge in [0.2, 0.25) is 0 Å². The summed E-state index contributed by atoms with van der Waals surface area (Å²) in [4.78, 5) is 10.9. The van der Waals surface area contributed by atoms with Crippen molar-refractivity contribution in [3.8, 4) is 0 Å². The summed E-state index contributed by atoms with van der Waals surface area (Å²) in [5.74, 6) is -0.182. The van der Waals surface area contributed by atoms with Gasteiger partial charge >= 0.3 is 5.97 Å². The lowest BCUT2D eigenvalue weighted by Gasteiger charge is -2.09. The van der Waals surface area contributed by atoms with Gasteiger partial charge in [0.15, 0.2) is 0 Å². The van der Waals surface area contributed by atoms with Crippen molar-refractivity contribution in [2.75, 3.05) is 7.11 Å². The highest BCUT2D eigenvalue weighted by Crippen LogP contribution is 2.12. The van der Waals surface area contributed by atoms with Gasteiger partial charge in [0.05, 0.1) is 13.2 Å². The van der Waals surface area contributed by atoms with Crippen molar-refractivity contribution >= 4 is 5.97 Å². The molecule has 0 bridgehead atoms. The fourth-order valence-corrected chi connectivity index (χ4v) is 2.07. The van der Waals surface area contributed by atoms with Crippen LogP contribution in [-0.2, 0) is 9.53 Å². The quantitative estimate of drug-likeness (QED) is 0.427. The van der Waals surface area contributed by atoms with Crippen LogP contribution in [0.2, 0.25) is 0 Å². The van der Waals surface area contributed by atoms with Gasteiger partial charge in [0.1, 0.15) is 0 Å². The molecule has 1 N–H and O–H groups in total. The fraction of sp³-hybridized carbons (Fsp3) is 0.933.